The Balaban J connectivity index is 2.31. The molecule has 0 nitrogen and oxygen atoms in total. The first kappa shape index (κ1) is 7.60. The third-order valence-electron chi connectivity index (χ3n) is 2.28. The molecule has 0 unspecified atom stereocenters. The van der Waals surface area contributed by atoms with E-state index in [4.69, 9.17) is 0 Å². The van der Waals surface area contributed by atoms with E-state index in [0.29, 0.717) is 5.92 Å². The van der Waals surface area contributed by atoms with Crippen LogP contribution in [-0.2, 0) is 6.42 Å². The molecule has 0 bridgehead atoms. The van der Waals surface area contributed by atoms with Crippen molar-refractivity contribution in [2.45, 2.75) is 20.3 Å². The van der Waals surface area contributed by atoms with Crippen LogP contribution in [0.25, 0.3) is 5.57 Å². The molecule has 0 spiro atoms. The van der Waals surface area contributed by atoms with Crippen molar-refractivity contribution in [1.82, 2.24) is 0 Å². The molecule has 1 aliphatic rings. The highest BCUT2D eigenvalue weighted by molar-refractivity contribution is 5.79. The fourth-order valence-electron chi connectivity index (χ4n) is 1.73. The van der Waals surface area contributed by atoms with Crippen molar-refractivity contribution in [2.24, 2.45) is 5.92 Å². The molecule has 0 aromatic heterocycles. The molecule has 1 aliphatic carbocycles. The third-order valence-corrected chi connectivity index (χ3v) is 2.28. The first-order chi connectivity index (χ1) is 5.77. The second-order valence-corrected chi connectivity index (χ2v) is 3.77. The summed E-state index contributed by atoms with van der Waals surface area (Å²) in [6, 6.07) is 8.66. The van der Waals surface area contributed by atoms with E-state index >= 15 is 0 Å². The van der Waals surface area contributed by atoms with Crippen molar-refractivity contribution in [3.05, 3.63) is 41.5 Å². The molecular formula is C12H14. The lowest BCUT2D eigenvalue weighted by Gasteiger charge is -2.23. The lowest BCUT2D eigenvalue weighted by Crippen LogP contribution is -2.07. The Bertz CT molecular complexity index is 319. The Kier molecular flexibility index (Phi) is 1.76. The highest BCUT2D eigenvalue weighted by Gasteiger charge is 2.17. The Morgan fingerprint density at radius 3 is 2.67 bits per heavy atom. The third kappa shape index (κ3) is 1.18. The van der Waals surface area contributed by atoms with E-state index in [2.05, 4.69) is 44.2 Å². The number of hydrogen-bond donors (Lipinski definition) is 0. The molecule has 62 valence electrons. The Morgan fingerprint density at radius 2 is 2.00 bits per heavy atom. The van der Waals surface area contributed by atoms with Gasteiger partial charge in [0, 0.05) is 0 Å². The van der Waals surface area contributed by atoms with Gasteiger partial charge in [-0.2, -0.15) is 0 Å². The fourth-order valence-corrected chi connectivity index (χ4v) is 1.73. The number of hydrogen-bond acceptors (Lipinski definition) is 0. The minimum absolute atomic E-state index is 0.674. The summed E-state index contributed by atoms with van der Waals surface area (Å²) in [6.07, 6.45) is 3.54. The summed E-state index contributed by atoms with van der Waals surface area (Å²) in [5, 5.41) is 0. The zero-order valence-corrected chi connectivity index (χ0v) is 7.67. The van der Waals surface area contributed by atoms with Gasteiger partial charge in [-0.25, -0.2) is 0 Å². The van der Waals surface area contributed by atoms with Crippen molar-refractivity contribution >= 4 is 5.57 Å². The van der Waals surface area contributed by atoms with E-state index in [-0.39, 0.29) is 0 Å². The van der Waals surface area contributed by atoms with Crippen LogP contribution in [0, 0.1) is 5.92 Å². The van der Waals surface area contributed by atoms with Crippen molar-refractivity contribution in [1.29, 1.82) is 0 Å². The second kappa shape index (κ2) is 2.78. The van der Waals surface area contributed by atoms with Gasteiger partial charge < -0.3 is 0 Å². The van der Waals surface area contributed by atoms with Crippen LogP contribution in [0.3, 0.4) is 0 Å². The van der Waals surface area contributed by atoms with Crippen LogP contribution in [0.4, 0.5) is 0 Å². The summed E-state index contributed by atoms with van der Waals surface area (Å²) in [6.45, 7) is 4.46. The van der Waals surface area contributed by atoms with Crippen LogP contribution in [-0.4, -0.2) is 0 Å². The molecule has 0 fully saturated rings. The van der Waals surface area contributed by atoms with Gasteiger partial charge in [-0.1, -0.05) is 44.2 Å². The van der Waals surface area contributed by atoms with E-state index in [1.807, 2.05) is 0 Å². The van der Waals surface area contributed by atoms with Gasteiger partial charge in [0.15, 0.2) is 0 Å². The summed E-state index contributed by atoms with van der Waals surface area (Å²) in [5.41, 5.74) is 4.50. The van der Waals surface area contributed by atoms with Gasteiger partial charge >= 0.3 is 0 Å². The molecular weight excluding hydrogens is 144 g/mol. The van der Waals surface area contributed by atoms with Crippen LogP contribution in [0.1, 0.15) is 25.0 Å². The molecule has 0 N–H and O–H groups in total. The standard InChI is InChI=1S/C12H14/c1-9(2)7-11-8-10-5-3-4-6-12(10)11/h3-7,9H,8H2,1-2H3/b11-7+. The van der Waals surface area contributed by atoms with Gasteiger partial charge in [-0.05, 0) is 29.0 Å². The topological polar surface area (TPSA) is 0 Å². The summed E-state index contributed by atoms with van der Waals surface area (Å²) >= 11 is 0. The van der Waals surface area contributed by atoms with Gasteiger partial charge in [-0.15, -0.1) is 0 Å². The van der Waals surface area contributed by atoms with E-state index in [9.17, 15) is 0 Å². The SMILES string of the molecule is CC(C)/C=C1\Cc2ccccc21. The van der Waals surface area contributed by atoms with Gasteiger partial charge in [0.25, 0.3) is 0 Å². The van der Waals surface area contributed by atoms with Gasteiger partial charge in [-0.3, -0.25) is 0 Å². The molecule has 0 aliphatic heterocycles. The van der Waals surface area contributed by atoms with E-state index in [0.717, 1.165) is 0 Å². The van der Waals surface area contributed by atoms with Crippen LogP contribution >= 0.6 is 0 Å². The van der Waals surface area contributed by atoms with E-state index < -0.39 is 0 Å². The maximum absolute atomic E-state index is 2.36. The van der Waals surface area contributed by atoms with Crippen molar-refractivity contribution in [3.8, 4) is 0 Å². The maximum atomic E-state index is 2.36. The lowest BCUT2D eigenvalue weighted by molar-refractivity contribution is 0.827. The second-order valence-electron chi connectivity index (χ2n) is 3.77. The minimum Gasteiger partial charge on any atom is -0.0778 e. The summed E-state index contributed by atoms with van der Waals surface area (Å²) in [7, 11) is 0. The zero-order chi connectivity index (χ0) is 8.55. The number of allylic oxidation sites excluding steroid dienone is 2. The molecule has 0 radical (unpaired) electrons. The summed E-state index contributed by atoms with van der Waals surface area (Å²) in [4.78, 5) is 0. The fraction of sp³-hybridized carbons (Fsp3) is 0.333. The van der Waals surface area contributed by atoms with Crippen molar-refractivity contribution in [2.75, 3.05) is 0 Å². The number of benzene rings is 1. The summed E-state index contributed by atoms with van der Waals surface area (Å²) in [5.74, 6) is 0.674. The van der Waals surface area contributed by atoms with Crippen LogP contribution in [0.2, 0.25) is 0 Å². The highest BCUT2D eigenvalue weighted by Crippen LogP contribution is 2.34. The molecule has 0 saturated carbocycles. The molecule has 2 rings (SSSR count). The molecule has 0 amide bonds. The molecule has 1 aromatic carbocycles. The molecule has 12 heavy (non-hydrogen) atoms. The zero-order valence-electron chi connectivity index (χ0n) is 7.67. The normalized spacial score (nSPS) is 17.8. The van der Waals surface area contributed by atoms with Crippen molar-refractivity contribution in [3.63, 3.8) is 0 Å². The predicted molar refractivity (Wildman–Crippen MR) is 53.0 cm³/mol. The molecule has 1 aromatic rings. The Morgan fingerprint density at radius 1 is 1.25 bits per heavy atom. The average Bonchev–Trinajstić information content (AvgIpc) is 2.00. The van der Waals surface area contributed by atoms with Gasteiger partial charge in [0.2, 0.25) is 0 Å². The molecule has 0 atom stereocenters. The van der Waals surface area contributed by atoms with E-state index in [1.165, 1.54) is 23.1 Å². The molecule has 0 saturated heterocycles. The van der Waals surface area contributed by atoms with E-state index in [1.54, 1.807) is 0 Å². The van der Waals surface area contributed by atoms with Gasteiger partial charge in [0.1, 0.15) is 0 Å². The Labute approximate surface area is 73.9 Å². The Hall–Kier alpha value is -1.04. The van der Waals surface area contributed by atoms with Crippen LogP contribution in [0.5, 0.6) is 0 Å². The summed E-state index contributed by atoms with van der Waals surface area (Å²) < 4.78 is 0. The molecule has 0 heterocycles. The predicted octanol–water partition coefficient (Wildman–Crippen LogP) is 3.28. The first-order valence-electron chi connectivity index (χ1n) is 4.56. The first-order valence-corrected chi connectivity index (χ1v) is 4.56. The largest absolute Gasteiger partial charge is 0.0778 e. The van der Waals surface area contributed by atoms with Crippen LogP contribution < -0.4 is 0 Å². The van der Waals surface area contributed by atoms with Crippen molar-refractivity contribution < 1.29 is 0 Å². The minimum atomic E-state index is 0.674. The number of fused-ring (bicyclic) bond motifs is 1. The average molecular weight is 158 g/mol. The quantitative estimate of drug-likeness (QED) is 0.588. The smallest absolute Gasteiger partial charge is 0.00168 e. The monoisotopic (exact) mass is 158 g/mol. The van der Waals surface area contributed by atoms with Gasteiger partial charge in [0.05, 0.1) is 0 Å². The maximum Gasteiger partial charge on any atom is -0.00168 e. The van der Waals surface area contributed by atoms with Crippen LogP contribution in [0.15, 0.2) is 30.3 Å². The lowest BCUT2D eigenvalue weighted by atomic mass is 9.82. The highest BCUT2D eigenvalue weighted by atomic mass is 14.2. The number of rotatable bonds is 1. The molecule has 0 heteroatoms.